The van der Waals surface area contributed by atoms with Gasteiger partial charge >= 0.3 is 0 Å². The van der Waals surface area contributed by atoms with Gasteiger partial charge in [0.1, 0.15) is 11.9 Å². The van der Waals surface area contributed by atoms with Crippen LogP contribution < -0.4 is 4.74 Å². The topological polar surface area (TPSA) is 29.5 Å². The normalized spacial score (nSPS) is 12.2. The molecule has 0 amide bonds. The summed E-state index contributed by atoms with van der Waals surface area (Å²) in [6.45, 7) is 4.01. The highest BCUT2D eigenvalue weighted by atomic mass is 16.5. The van der Waals surface area contributed by atoms with Crippen LogP contribution in [0.3, 0.4) is 0 Å². The largest absolute Gasteiger partial charge is 0.496 e. The summed E-state index contributed by atoms with van der Waals surface area (Å²) in [5.74, 6) is 0.728. The highest BCUT2D eigenvalue weighted by molar-refractivity contribution is 5.44. The molecule has 2 rings (SSSR count). The van der Waals surface area contributed by atoms with Crippen molar-refractivity contribution in [3.05, 3.63) is 64.7 Å². The van der Waals surface area contributed by atoms with Crippen molar-refractivity contribution >= 4 is 0 Å². The standard InChI is InChI=1S/C16H18O2/c1-11-8-9-14(15(10-11)18-3)16(17)13-7-5-4-6-12(13)2/h4-10,16-17H,1-3H3. The molecule has 0 heterocycles. The monoisotopic (exact) mass is 242 g/mol. The van der Waals surface area contributed by atoms with E-state index in [1.807, 2.05) is 56.3 Å². The van der Waals surface area contributed by atoms with Crippen LogP contribution in [-0.4, -0.2) is 12.2 Å². The number of rotatable bonds is 3. The molecule has 0 saturated carbocycles. The second kappa shape index (κ2) is 5.23. The van der Waals surface area contributed by atoms with Gasteiger partial charge in [-0.1, -0.05) is 36.4 Å². The van der Waals surface area contributed by atoms with Gasteiger partial charge in [0.15, 0.2) is 0 Å². The number of aryl methyl sites for hydroxylation is 2. The zero-order valence-corrected chi connectivity index (χ0v) is 11.0. The Morgan fingerprint density at radius 3 is 2.39 bits per heavy atom. The van der Waals surface area contributed by atoms with E-state index in [0.717, 1.165) is 28.0 Å². The zero-order chi connectivity index (χ0) is 13.1. The Hall–Kier alpha value is -1.80. The van der Waals surface area contributed by atoms with Crippen molar-refractivity contribution in [2.45, 2.75) is 20.0 Å². The summed E-state index contributed by atoms with van der Waals surface area (Å²) in [4.78, 5) is 0. The van der Waals surface area contributed by atoms with Gasteiger partial charge in [-0.3, -0.25) is 0 Å². The molecule has 0 aliphatic heterocycles. The van der Waals surface area contributed by atoms with Crippen molar-refractivity contribution in [3.63, 3.8) is 0 Å². The zero-order valence-electron chi connectivity index (χ0n) is 11.0. The molecule has 0 bridgehead atoms. The quantitative estimate of drug-likeness (QED) is 0.894. The fraction of sp³-hybridized carbons (Fsp3) is 0.250. The summed E-state index contributed by atoms with van der Waals surface area (Å²) in [6.07, 6.45) is -0.651. The van der Waals surface area contributed by atoms with E-state index in [-0.39, 0.29) is 0 Å². The van der Waals surface area contributed by atoms with Crippen LogP contribution in [0.5, 0.6) is 5.75 Å². The first-order chi connectivity index (χ1) is 8.63. The van der Waals surface area contributed by atoms with E-state index in [9.17, 15) is 5.11 Å². The van der Waals surface area contributed by atoms with Gasteiger partial charge in [0.05, 0.1) is 7.11 Å². The maximum Gasteiger partial charge on any atom is 0.125 e. The first-order valence-corrected chi connectivity index (χ1v) is 6.01. The predicted molar refractivity (Wildman–Crippen MR) is 73.0 cm³/mol. The molecule has 0 spiro atoms. The maximum atomic E-state index is 10.5. The third-order valence-corrected chi connectivity index (χ3v) is 3.17. The maximum absolute atomic E-state index is 10.5. The molecular formula is C16H18O2. The Bertz CT molecular complexity index is 547. The molecule has 0 radical (unpaired) electrons. The highest BCUT2D eigenvalue weighted by Gasteiger charge is 2.16. The number of aliphatic hydroxyl groups excluding tert-OH is 1. The fourth-order valence-electron chi connectivity index (χ4n) is 2.11. The van der Waals surface area contributed by atoms with Gasteiger partial charge in [-0.25, -0.2) is 0 Å². The number of aliphatic hydroxyl groups is 1. The van der Waals surface area contributed by atoms with Gasteiger partial charge in [0.2, 0.25) is 0 Å². The lowest BCUT2D eigenvalue weighted by molar-refractivity contribution is 0.214. The minimum atomic E-state index is -0.651. The van der Waals surface area contributed by atoms with Crippen LogP contribution in [0.15, 0.2) is 42.5 Å². The van der Waals surface area contributed by atoms with Crippen molar-refractivity contribution in [2.24, 2.45) is 0 Å². The Labute approximate surface area is 108 Å². The molecule has 2 aromatic carbocycles. The van der Waals surface area contributed by atoms with Crippen molar-refractivity contribution in [1.82, 2.24) is 0 Å². The van der Waals surface area contributed by atoms with Gasteiger partial charge in [0, 0.05) is 5.56 Å². The molecular weight excluding hydrogens is 224 g/mol. The Morgan fingerprint density at radius 2 is 1.72 bits per heavy atom. The molecule has 1 unspecified atom stereocenters. The van der Waals surface area contributed by atoms with E-state index in [1.54, 1.807) is 7.11 Å². The first kappa shape index (κ1) is 12.7. The molecule has 94 valence electrons. The van der Waals surface area contributed by atoms with E-state index in [0.29, 0.717) is 0 Å². The van der Waals surface area contributed by atoms with Crippen LogP contribution in [0.2, 0.25) is 0 Å². The average Bonchev–Trinajstić information content (AvgIpc) is 2.38. The summed E-state index contributed by atoms with van der Waals surface area (Å²) in [5.41, 5.74) is 3.91. The molecule has 2 nitrogen and oxygen atoms in total. The highest BCUT2D eigenvalue weighted by Crippen LogP contribution is 2.31. The van der Waals surface area contributed by atoms with E-state index in [2.05, 4.69) is 0 Å². The Kier molecular flexibility index (Phi) is 3.68. The van der Waals surface area contributed by atoms with E-state index >= 15 is 0 Å². The van der Waals surface area contributed by atoms with Crippen LogP contribution in [-0.2, 0) is 0 Å². The molecule has 1 atom stereocenters. The molecule has 0 saturated heterocycles. The summed E-state index contributed by atoms with van der Waals surface area (Å²) < 4.78 is 5.35. The van der Waals surface area contributed by atoms with Gasteiger partial charge in [-0.15, -0.1) is 0 Å². The lowest BCUT2D eigenvalue weighted by Crippen LogP contribution is -2.04. The molecule has 2 heteroatoms. The first-order valence-electron chi connectivity index (χ1n) is 6.01. The van der Waals surface area contributed by atoms with Crippen molar-refractivity contribution in [2.75, 3.05) is 7.11 Å². The van der Waals surface area contributed by atoms with Gasteiger partial charge < -0.3 is 9.84 Å². The number of methoxy groups -OCH3 is 1. The van der Waals surface area contributed by atoms with Crippen LogP contribution in [0.1, 0.15) is 28.4 Å². The second-order valence-electron chi connectivity index (χ2n) is 4.50. The lowest BCUT2D eigenvalue weighted by atomic mass is 9.96. The fourth-order valence-corrected chi connectivity index (χ4v) is 2.11. The number of hydrogen-bond donors (Lipinski definition) is 1. The molecule has 2 aromatic rings. The number of benzene rings is 2. The van der Waals surface area contributed by atoms with Crippen LogP contribution >= 0.6 is 0 Å². The van der Waals surface area contributed by atoms with Gasteiger partial charge in [-0.05, 0) is 36.6 Å². The van der Waals surface area contributed by atoms with Gasteiger partial charge in [-0.2, -0.15) is 0 Å². The SMILES string of the molecule is COc1cc(C)ccc1C(O)c1ccccc1C. The molecule has 0 aliphatic rings. The Balaban J connectivity index is 2.46. The van der Waals surface area contributed by atoms with Crippen molar-refractivity contribution in [3.8, 4) is 5.75 Å². The average molecular weight is 242 g/mol. The second-order valence-corrected chi connectivity index (χ2v) is 4.50. The van der Waals surface area contributed by atoms with Gasteiger partial charge in [0.25, 0.3) is 0 Å². The molecule has 18 heavy (non-hydrogen) atoms. The van der Waals surface area contributed by atoms with Crippen LogP contribution in [0.25, 0.3) is 0 Å². The lowest BCUT2D eigenvalue weighted by Gasteiger charge is -2.17. The van der Waals surface area contributed by atoms with Crippen molar-refractivity contribution < 1.29 is 9.84 Å². The molecule has 0 aromatic heterocycles. The third kappa shape index (κ3) is 2.39. The summed E-state index contributed by atoms with van der Waals surface area (Å²) in [6, 6.07) is 13.7. The minimum Gasteiger partial charge on any atom is -0.496 e. The smallest absolute Gasteiger partial charge is 0.125 e. The number of hydrogen-bond acceptors (Lipinski definition) is 2. The molecule has 0 aliphatic carbocycles. The summed E-state index contributed by atoms with van der Waals surface area (Å²) in [5, 5.41) is 10.5. The number of ether oxygens (including phenoxy) is 1. The Morgan fingerprint density at radius 1 is 1.00 bits per heavy atom. The summed E-state index contributed by atoms with van der Waals surface area (Å²) >= 11 is 0. The van der Waals surface area contributed by atoms with Crippen LogP contribution in [0.4, 0.5) is 0 Å². The third-order valence-electron chi connectivity index (χ3n) is 3.17. The van der Waals surface area contributed by atoms with E-state index in [1.165, 1.54) is 0 Å². The van der Waals surface area contributed by atoms with Crippen LogP contribution in [0, 0.1) is 13.8 Å². The predicted octanol–water partition coefficient (Wildman–Crippen LogP) is 3.39. The minimum absolute atomic E-state index is 0.651. The van der Waals surface area contributed by atoms with E-state index in [4.69, 9.17) is 4.74 Å². The summed E-state index contributed by atoms with van der Waals surface area (Å²) in [7, 11) is 1.63. The molecule has 1 N–H and O–H groups in total. The van der Waals surface area contributed by atoms with E-state index < -0.39 is 6.10 Å². The van der Waals surface area contributed by atoms with Crippen molar-refractivity contribution in [1.29, 1.82) is 0 Å². The molecule has 0 fully saturated rings.